The highest BCUT2D eigenvalue weighted by Crippen LogP contribution is 2.30. The lowest BCUT2D eigenvalue weighted by Crippen LogP contribution is -2.48. The molecule has 4 rings (SSSR count). The lowest BCUT2D eigenvalue weighted by atomic mass is 9.81. The standard InChI is InChI=1S/C26H33N3O2/c1-17-7-12-23(18(2)13-17)29-25(30)20-10-8-19(9-11-20)15-28-26(31)24-14-21-5-3-4-6-22(21)16-27-24/h3-7,12-13,19-20,24,27H,8-11,14-16H2,1-2H3,(H,28,31)(H,29,30)/t19?,20?,24-/m0/s1. The van der Waals surface area contributed by atoms with E-state index in [2.05, 4.69) is 41.1 Å². The molecule has 1 aliphatic carbocycles. The summed E-state index contributed by atoms with van der Waals surface area (Å²) in [5, 5.41) is 9.60. The van der Waals surface area contributed by atoms with Crippen molar-refractivity contribution in [2.45, 2.75) is 58.5 Å². The van der Waals surface area contributed by atoms with E-state index in [1.807, 2.05) is 31.2 Å². The van der Waals surface area contributed by atoms with Gasteiger partial charge in [-0.3, -0.25) is 9.59 Å². The molecule has 0 radical (unpaired) electrons. The topological polar surface area (TPSA) is 70.2 Å². The number of carbonyl (C=O) groups excluding carboxylic acids is 2. The Morgan fingerprint density at radius 3 is 2.45 bits per heavy atom. The molecule has 0 unspecified atom stereocenters. The average Bonchev–Trinajstić information content (AvgIpc) is 2.79. The van der Waals surface area contributed by atoms with E-state index < -0.39 is 0 Å². The van der Waals surface area contributed by atoms with Gasteiger partial charge in [-0.05, 0) is 74.6 Å². The van der Waals surface area contributed by atoms with Gasteiger partial charge in [0.15, 0.2) is 0 Å². The van der Waals surface area contributed by atoms with Crippen LogP contribution >= 0.6 is 0 Å². The molecule has 2 aliphatic rings. The van der Waals surface area contributed by atoms with E-state index in [1.165, 1.54) is 16.7 Å². The number of nitrogens with one attached hydrogen (secondary N) is 3. The third-order valence-corrected chi connectivity index (χ3v) is 6.82. The minimum Gasteiger partial charge on any atom is -0.354 e. The summed E-state index contributed by atoms with van der Waals surface area (Å²) < 4.78 is 0. The number of amides is 2. The molecule has 1 aliphatic heterocycles. The molecular weight excluding hydrogens is 386 g/mol. The van der Waals surface area contributed by atoms with Crippen molar-refractivity contribution in [2.75, 3.05) is 11.9 Å². The van der Waals surface area contributed by atoms with Crippen molar-refractivity contribution < 1.29 is 9.59 Å². The molecule has 1 heterocycles. The van der Waals surface area contributed by atoms with E-state index in [-0.39, 0.29) is 23.8 Å². The Morgan fingerprint density at radius 2 is 1.71 bits per heavy atom. The number of benzene rings is 2. The maximum Gasteiger partial charge on any atom is 0.237 e. The zero-order valence-electron chi connectivity index (χ0n) is 18.5. The van der Waals surface area contributed by atoms with E-state index in [0.717, 1.165) is 49.9 Å². The molecule has 0 bridgehead atoms. The van der Waals surface area contributed by atoms with Crippen LogP contribution < -0.4 is 16.0 Å². The van der Waals surface area contributed by atoms with Crippen LogP contribution in [0.5, 0.6) is 0 Å². The van der Waals surface area contributed by atoms with Gasteiger partial charge in [-0.25, -0.2) is 0 Å². The Bertz CT molecular complexity index is 947. The zero-order valence-corrected chi connectivity index (χ0v) is 18.5. The Balaban J connectivity index is 1.20. The smallest absolute Gasteiger partial charge is 0.237 e. The van der Waals surface area contributed by atoms with Crippen LogP contribution in [0.4, 0.5) is 5.69 Å². The average molecular weight is 420 g/mol. The predicted octanol–water partition coefficient (Wildman–Crippen LogP) is 3.88. The van der Waals surface area contributed by atoms with E-state index in [1.54, 1.807) is 0 Å². The molecule has 2 amide bonds. The van der Waals surface area contributed by atoms with E-state index in [0.29, 0.717) is 12.5 Å². The minimum absolute atomic E-state index is 0.0594. The SMILES string of the molecule is Cc1ccc(NC(=O)C2CCC(CNC(=O)[C@@H]3Cc4ccccc4CN3)CC2)c(C)c1. The van der Waals surface area contributed by atoms with Crippen molar-refractivity contribution in [3.8, 4) is 0 Å². The van der Waals surface area contributed by atoms with Crippen LogP contribution in [0.25, 0.3) is 0 Å². The molecule has 0 spiro atoms. The fourth-order valence-corrected chi connectivity index (χ4v) is 4.83. The van der Waals surface area contributed by atoms with Crippen LogP contribution in [0.2, 0.25) is 0 Å². The Labute approximate surface area is 185 Å². The summed E-state index contributed by atoms with van der Waals surface area (Å²) in [6.07, 6.45) is 4.46. The van der Waals surface area contributed by atoms with E-state index >= 15 is 0 Å². The van der Waals surface area contributed by atoms with Crippen LogP contribution in [-0.4, -0.2) is 24.4 Å². The van der Waals surface area contributed by atoms with Crippen LogP contribution in [0.3, 0.4) is 0 Å². The quantitative estimate of drug-likeness (QED) is 0.689. The van der Waals surface area contributed by atoms with E-state index in [4.69, 9.17) is 0 Å². The second-order valence-corrected chi connectivity index (χ2v) is 9.18. The number of fused-ring (bicyclic) bond motifs is 1. The summed E-state index contributed by atoms with van der Waals surface area (Å²) in [6.45, 7) is 5.53. The first-order valence-electron chi connectivity index (χ1n) is 11.5. The third kappa shape index (κ3) is 5.34. The normalized spacial score (nSPS) is 23.0. The molecule has 3 N–H and O–H groups in total. The summed E-state index contributed by atoms with van der Waals surface area (Å²) in [6, 6.07) is 14.3. The number of aryl methyl sites for hydroxylation is 2. The lowest BCUT2D eigenvalue weighted by Gasteiger charge is -2.29. The number of hydrogen-bond donors (Lipinski definition) is 3. The number of carbonyl (C=O) groups is 2. The first kappa shape index (κ1) is 21.6. The molecule has 2 aromatic carbocycles. The fraction of sp³-hybridized carbons (Fsp3) is 0.462. The van der Waals surface area contributed by atoms with Gasteiger partial charge in [-0.1, -0.05) is 42.0 Å². The van der Waals surface area contributed by atoms with Gasteiger partial charge in [0.2, 0.25) is 11.8 Å². The summed E-state index contributed by atoms with van der Waals surface area (Å²) in [7, 11) is 0. The van der Waals surface area contributed by atoms with E-state index in [9.17, 15) is 9.59 Å². The van der Waals surface area contributed by atoms with Crippen molar-refractivity contribution in [1.29, 1.82) is 0 Å². The number of anilines is 1. The molecule has 0 aromatic heterocycles. The minimum atomic E-state index is -0.158. The van der Waals surface area contributed by atoms with Gasteiger partial charge in [-0.2, -0.15) is 0 Å². The molecule has 5 nitrogen and oxygen atoms in total. The Kier molecular flexibility index (Phi) is 6.71. The first-order valence-corrected chi connectivity index (χ1v) is 11.5. The lowest BCUT2D eigenvalue weighted by molar-refractivity contribution is -0.124. The maximum atomic E-state index is 12.7. The van der Waals surface area contributed by atoms with Crippen LogP contribution in [0.1, 0.15) is 47.9 Å². The first-order chi connectivity index (χ1) is 15.0. The van der Waals surface area contributed by atoms with Crippen molar-refractivity contribution >= 4 is 17.5 Å². The number of hydrogen-bond acceptors (Lipinski definition) is 3. The fourth-order valence-electron chi connectivity index (χ4n) is 4.83. The highest BCUT2D eigenvalue weighted by atomic mass is 16.2. The monoisotopic (exact) mass is 419 g/mol. The maximum absolute atomic E-state index is 12.7. The highest BCUT2D eigenvalue weighted by molar-refractivity contribution is 5.93. The van der Waals surface area contributed by atoms with Crippen molar-refractivity contribution in [1.82, 2.24) is 10.6 Å². The van der Waals surface area contributed by atoms with Gasteiger partial charge in [-0.15, -0.1) is 0 Å². The van der Waals surface area contributed by atoms with Gasteiger partial charge in [0, 0.05) is 24.7 Å². The molecule has 1 fully saturated rings. The van der Waals surface area contributed by atoms with Crippen LogP contribution in [0, 0.1) is 25.7 Å². The summed E-state index contributed by atoms with van der Waals surface area (Å²) >= 11 is 0. The second-order valence-electron chi connectivity index (χ2n) is 9.18. The Hall–Kier alpha value is -2.66. The van der Waals surface area contributed by atoms with Crippen molar-refractivity contribution in [2.24, 2.45) is 11.8 Å². The largest absolute Gasteiger partial charge is 0.354 e. The van der Waals surface area contributed by atoms with Crippen molar-refractivity contribution in [3.05, 3.63) is 64.7 Å². The summed E-state index contributed by atoms with van der Waals surface area (Å²) in [5.74, 6) is 0.720. The van der Waals surface area contributed by atoms with Gasteiger partial charge in [0.1, 0.15) is 0 Å². The molecule has 5 heteroatoms. The molecule has 164 valence electrons. The second kappa shape index (κ2) is 9.65. The molecule has 31 heavy (non-hydrogen) atoms. The van der Waals surface area contributed by atoms with Gasteiger partial charge < -0.3 is 16.0 Å². The number of rotatable bonds is 5. The summed E-state index contributed by atoms with van der Waals surface area (Å²) in [5.41, 5.74) is 5.75. The zero-order chi connectivity index (χ0) is 21.8. The van der Waals surface area contributed by atoms with Gasteiger partial charge in [0.05, 0.1) is 6.04 Å². The highest BCUT2D eigenvalue weighted by Gasteiger charge is 2.28. The van der Waals surface area contributed by atoms with Crippen molar-refractivity contribution in [3.63, 3.8) is 0 Å². The molecule has 2 aromatic rings. The van der Waals surface area contributed by atoms with Gasteiger partial charge >= 0.3 is 0 Å². The molecule has 1 atom stereocenters. The molecule has 1 saturated carbocycles. The Morgan fingerprint density at radius 1 is 0.968 bits per heavy atom. The van der Waals surface area contributed by atoms with Crippen LogP contribution in [-0.2, 0) is 22.6 Å². The van der Waals surface area contributed by atoms with Crippen LogP contribution in [0.15, 0.2) is 42.5 Å². The molecular formula is C26H33N3O2. The summed E-state index contributed by atoms with van der Waals surface area (Å²) in [4.78, 5) is 25.3. The molecule has 0 saturated heterocycles. The van der Waals surface area contributed by atoms with Gasteiger partial charge in [0.25, 0.3) is 0 Å². The third-order valence-electron chi connectivity index (χ3n) is 6.82. The predicted molar refractivity (Wildman–Crippen MR) is 124 cm³/mol.